The molecule has 5 heteroatoms. The van der Waals surface area contributed by atoms with Gasteiger partial charge in [-0.25, -0.2) is 0 Å². The molecular weight excluding hydrogens is 240 g/mol. The molecule has 1 N–H and O–H groups in total. The van der Waals surface area contributed by atoms with Gasteiger partial charge in [-0.15, -0.1) is 16.8 Å². The lowest BCUT2D eigenvalue weighted by Crippen LogP contribution is -2.32. The Morgan fingerprint density at radius 3 is 2.58 bits per heavy atom. The van der Waals surface area contributed by atoms with E-state index >= 15 is 0 Å². The van der Waals surface area contributed by atoms with E-state index in [1.165, 1.54) is 12.8 Å². The molecule has 0 atom stereocenters. The van der Waals surface area contributed by atoms with Gasteiger partial charge in [-0.2, -0.15) is 0 Å². The fourth-order valence-corrected chi connectivity index (χ4v) is 2.15. The van der Waals surface area contributed by atoms with E-state index in [2.05, 4.69) is 22.1 Å². The average Bonchev–Trinajstić information content (AvgIpc) is 2.74. The highest BCUT2D eigenvalue weighted by atomic mass is 16.2. The van der Waals surface area contributed by atoms with Gasteiger partial charge < -0.3 is 10.2 Å². The molecule has 2 rings (SSSR count). The molecule has 0 spiro atoms. The van der Waals surface area contributed by atoms with Crippen LogP contribution in [0, 0.1) is 0 Å². The lowest BCUT2D eigenvalue weighted by Gasteiger charge is -2.19. The zero-order valence-corrected chi connectivity index (χ0v) is 11.1. The van der Waals surface area contributed by atoms with E-state index < -0.39 is 0 Å². The molecule has 1 fully saturated rings. The maximum absolute atomic E-state index is 12.3. The second kappa shape index (κ2) is 6.87. The van der Waals surface area contributed by atoms with Crippen molar-refractivity contribution in [3.05, 3.63) is 30.5 Å². The lowest BCUT2D eigenvalue weighted by atomic mass is 10.2. The number of amides is 1. The fourth-order valence-electron chi connectivity index (χ4n) is 2.15. The van der Waals surface area contributed by atoms with Crippen LogP contribution in [0.25, 0.3) is 0 Å². The Labute approximate surface area is 113 Å². The molecule has 0 radical (unpaired) electrons. The minimum atomic E-state index is -0.00956. The summed E-state index contributed by atoms with van der Waals surface area (Å²) in [6.07, 6.45) is 6.33. The summed E-state index contributed by atoms with van der Waals surface area (Å²) < 4.78 is 0. The number of rotatable bonds is 4. The molecule has 0 saturated carbocycles. The van der Waals surface area contributed by atoms with E-state index in [0.29, 0.717) is 18.1 Å². The summed E-state index contributed by atoms with van der Waals surface area (Å²) in [5, 5.41) is 11.0. The number of carbonyl (C=O) groups excluding carboxylic acids is 1. The van der Waals surface area contributed by atoms with Crippen LogP contribution in [0.5, 0.6) is 0 Å². The van der Waals surface area contributed by atoms with Crippen molar-refractivity contribution in [3.8, 4) is 0 Å². The number of hydrogen-bond acceptors (Lipinski definition) is 4. The van der Waals surface area contributed by atoms with Gasteiger partial charge in [0.2, 0.25) is 0 Å². The van der Waals surface area contributed by atoms with Crippen molar-refractivity contribution in [1.29, 1.82) is 0 Å². The average molecular weight is 260 g/mol. The monoisotopic (exact) mass is 260 g/mol. The highest BCUT2D eigenvalue weighted by Crippen LogP contribution is 2.12. The van der Waals surface area contributed by atoms with Gasteiger partial charge in [-0.05, 0) is 25.0 Å². The van der Waals surface area contributed by atoms with Crippen LogP contribution in [-0.4, -0.2) is 40.6 Å². The first-order valence-corrected chi connectivity index (χ1v) is 6.79. The zero-order chi connectivity index (χ0) is 13.5. The lowest BCUT2D eigenvalue weighted by molar-refractivity contribution is 0.0754. The molecule has 0 unspecified atom stereocenters. The molecule has 102 valence electrons. The van der Waals surface area contributed by atoms with Crippen LogP contribution in [0.4, 0.5) is 5.82 Å². The van der Waals surface area contributed by atoms with Gasteiger partial charge in [0.05, 0.1) is 0 Å². The van der Waals surface area contributed by atoms with Crippen LogP contribution in [0.15, 0.2) is 24.8 Å². The third-order valence-electron chi connectivity index (χ3n) is 3.20. The van der Waals surface area contributed by atoms with Gasteiger partial charge in [0.25, 0.3) is 5.91 Å². The number of likely N-dealkylation sites (tertiary alicyclic amines) is 1. The van der Waals surface area contributed by atoms with Crippen molar-refractivity contribution in [2.24, 2.45) is 0 Å². The summed E-state index contributed by atoms with van der Waals surface area (Å²) in [6.45, 7) is 5.91. The van der Waals surface area contributed by atoms with E-state index in [1.807, 2.05) is 4.90 Å². The third-order valence-corrected chi connectivity index (χ3v) is 3.20. The van der Waals surface area contributed by atoms with Gasteiger partial charge in [0.15, 0.2) is 5.69 Å². The Morgan fingerprint density at radius 2 is 2.00 bits per heavy atom. The van der Waals surface area contributed by atoms with Gasteiger partial charge in [-0.3, -0.25) is 4.79 Å². The topological polar surface area (TPSA) is 58.1 Å². The molecule has 1 aromatic rings. The maximum atomic E-state index is 12.3. The van der Waals surface area contributed by atoms with Crippen molar-refractivity contribution in [3.63, 3.8) is 0 Å². The number of nitrogens with zero attached hydrogens (tertiary/aromatic N) is 3. The molecule has 0 aromatic carbocycles. The van der Waals surface area contributed by atoms with Gasteiger partial charge in [0.1, 0.15) is 5.82 Å². The molecule has 0 bridgehead atoms. The van der Waals surface area contributed by atoms with Crippen LogP contribution in [0.1, 0.15) is 36.2 Å². The Hall–Kier alpha value is -1.91. The first kappa shape index (κ1) is 13.5. The van der Waals surface area contributed by atoms with E-state index in [9.17, 15) is 4.79 Å². The van der Waals surface area contributed by atoms with Gasteiger partial charge >= 0.3 is 0 Å². The summed E-state index contributed by atoms with van der Waals surface area (Å²) in [6, 6.07) is 3.51. The fraction of sp³-hybridized carbons (Fsp3) is 0.500. The number of aromatic nitrogens is 2. The van der Waals surface area contributed by atoms with E-state index in [0.717, 1.165) is 25.9 Å². The normalized spacial score (nSPS) is 15.7. The molecule has 1 aliphatic rings. The predicted octanol–water partition coefficient (Wildman–Crippen LogP) is 2.09. The Bertz CT molecular complexity index is 422. The van der Waals surface area contributed by atoms with Gasteiger partial charge in [0, 0.05) is 19.6 Å². The summed E-state index contributed by atoms with van der Waals surface area (Å²) in [7, 11) is 0. The van der Waals surface area contributed by atoms with E-state index in [1.54, 1.807) is 18.2 Å². The van der Waals surface area contributed by atoms with E-state index in [4.69, 9.17) is 0 Å². The van der Waals surface area contributed by atoms with Crippen molar-refractivity contribution >= 4 is 11.7 Å². The Balaban J connectivity index is 1.99. The third kappa shape index (κ3) is 3.77. The molecule has 0 aliphatic carbocycles. The molecule has 1 aliphatic heterocycles. The van der Waals surface area contributed by atoms with Crippen LogP contribution in [-0.2, 0) is 0 Å². The van der Waals surface area contributed by atoms with Gasteiger partial charge in [-0.1, -0.05) is 18.9 Å². The summed E-state index contributed by atoms with van der Waals surface area (Å²) in [4.78, 5) is 14.1. The van der Waals surface area contributed by atoms with Crippen LogP contribution in [0.3, 0.4) is 0 Å². The van der Waals surface area contributed by atoms with Crippen LogP contribution in [0.2, 0.25) is 0 Å². The summed E-state index contributed by atoms with van der Waals surface area (Å²) in [5.74, 6) is 0.650. The largest absolute Gasteiger partial charge is 0.365 e. The SMILES string of the molecule is C=CCNc1ccc(C(=O)N2CCCCCC2)nn1. The minimum Gasteiger partial charge on any atom is -0.365 e. The molecule has 1 aromatic heterocycles. The molecule has 2 heterocycles. The number of carbonyl (C=O) groups is 1. The zero-order valence-electron chi connectivity index (χ0n) is 11.1. The second-order valence-corrected chi connectivity index (χ2v) is 4.68. The number of anilines is 1. The minimum absolute atomic E-state index is 0.00956. The molecule has 1 amide bonds. The molecule has 1 saturated heterocycles. The standard InChI is InChI=1S/C14H20N4O/c1-2-9-15-13-8-7-12(16-17-13)14(19)18-10-5-3-4-6-11-18/h2,7-8H,1,3-6,9-11H2,(H,15,17). The highest BCUT2D eigenvalue weighted by Gasteiger charge is 2.18. The maximum Gasteiger partial charge on any atom is 0.274 e. The molecule has 19 heavy (non-hydrogen) atoms. The van der Waals surface area contributed by atoms with E-state index in [-0.39, 0.29) is 5.91 Å². The van der Waals surface area contributed by atoms with Crippen molar-refractivity contribution in [2.75, 3.05) is 25.0 Å². The number of hydrogen-bond donors (Lipinski definition) is 1. The quantitative estimate of drug-likeness (QED) is 0.842. The molecular formula is C14H20N4O. The summed E-state index contributed by atoms with van der Waals surface area (Å²) >= 11 is 0. The Morgan fingerprint density at radius 1 is 1.26 bits per heavy atom. The smallest absolute Gasteiger partial charge is 0.274 e. The predicted molar refractivity (Wildman–Crippen MR) is 75.1 cm³/mol. The first-order chi connectivity index (χ1) is 9.31. The van der Waals surface area contributed by atoms with Crippen molar-refractivity contribution in [2.45, 2.75) is 25.7 Å². The number of nitrogens with one attached hydrogen (secondary N) is 1. The van der Waals surface area contributed by atoms with Crippen LogP contribution < -0.4 is 5.32 Å². The first-order valence-electron chi connectivity index (χ1n) is 6.79. The Kier molecular flexibility index (Phi) is 4.89. The highest BCUT2D eigenvalue weighted by molar-refractivity contribution is 5.92. The van der Waals surface area contributed by atoms with Crippen molar-refractivity contribution in [1.82, 2.24) is 15.1 Å². The van der Waals surface area contributed by atoms with Crippen molar-refractivity contribution < 1.29 is 4.79 Å². The summed E-state index contributed by atoms with van der Waals surface area (Å²) in [5.41, 5.74) is 0.422. The van der Waals surface area contributed by atoms with Crippen LogP contribution >= 0.6 is 0 Å². The second-order valence-electron chi connectivity index (χ2n) is 4.68. The molecule has 5 nitrogen and oxygen atoms in total.